The normalized spacial score (nSPS) is 19.2. The lowest BCUT2D eigenvalue weighted by atomic mass is 10.00. The zero-order valence-electron chi connectivity index (χ0n) is 9.28. The topological polar surface area (TPSA) is 58.6 Å². The molecule has 92 valence electrons. The van der Waals surface area contributed by atoms with E-state index in [-0.39, 0.29) is 6.10 Å². The molecule has 2 N–H and O–H groups in total. The Morgan fingerprint density at radius 3 is 3.18 bits per heavy atom. The first-order valence-corrected chi connectivity index (χ1v) is 6.33. The van der Waals surface area contributed by atoms with Gasteiger partial charge in [0.25, 0.3) is 0 Å². The van der Waals surface area contributed by atoms with Crippen LogP contribution in [0.4, 0.5) is 4.79 Å². The van der Waals surface area contributed by atoms with E-state index >= 15 is 0 Å². The van der Waals surface area contributed by atoms with E-state index in [2.05, 4.69) is 21.2 Å². The van der Waals surface area contributed by atoms with Crippen LogP contribution in [0.25, 0.3) is 0 Å². The van der Waals surface area contributed by atoms with Gasteiger partial charge < -0.3 is 15.2 Å². The van der Waals surface area contributed by atoms with Crippen molar-refractivity contribution in [2.75, 3.05) is 13.2 Å². The fourth-order valence-corrected chi connectivity index (χ4v) is 2.63. The summed E-state index contributed by atoms with van der Waals surface area (Å²) in [5, 5.41) is 11.0. The SMILES string of the molecule is O=C(O)NCC1OCCCc2c(Br)cccc21. The predicted molar refractivity (Wildman–Crippen MR) is 67.2 cm³/mol. The summed E-state index contributed by atoms with van der Waals surface area (Å²) in [6.45, 7) is 0.950. The smallest absolute Gasteiger partial charge is 0.404 e. The number of hydrogen-bond acceptors (Lipinski definition) is 2. The molecule has 1 aromatic rings. The number of carboxylic acid groups (broad SMARTS) is 1. The summed E-state index contributed by atoms with van der Waals surface area (Å²) in [5.41, 5.74) is 2.30. The average molecular weight is 300 g/mol. The van der Waals surface area contributed by atoms with Crippen molar-refractivity contribution in [1.29, 1.82) is 0 Å². The molecular weight excluding hydrogens is 286 g/mol. The van der Waals surface area contributed by atoms with Crippen molar-refractivity contribution >= 4 is 22.0 Å². The van der Waals surface area contributed by atoms with E-state index in [1.165, 1.54) is 5.56 Å². The lowest BCUT2D eigenvalue weighted by Gasteiger charge is -2.18. The van der Waals surface area contributed by atoms with Crippen LogP contribution in [0.2, 0.25) is 0 Å². The molecule has 0 saturated heterocycles. The summed E-state index contributed by atoms with van der Waals surface area (Å²) >= 11 is 3.53. The number of benzene rings is 1. The molecule has 0 aliphatic carbocycles. The quantitative estimate of drug-likeness (QED) is 0.883. The molecule has 1 atom stereocenters. The Morgan fingerprint density at radius 1 is 1.59 bits per heavy atom. The summed E-state index contributed by atoms with van der Waals surface area (Å²) in [6.07, 6.45) is 0.704. The molecule has 1 heterocycles. The van der Waals surface area contributed by atoms with E-state index in [4.69, 9.17) is 9.84 Å². The van der Waals surface area contributed by atoms with Gasteiger partial charge >= 0.3 is 6.09 Å². The zero-order valence-corrected chi connectivity index (χ0v) is 10.9. The van der Waals surface area contributed by atoms with E-state index < -0.39 is 6.09 Å². The van der Waals surface area contributed by atoms with Crippen molar-refractivity contribution in [1.82, 2.24) is 5.32 Å². The molecule has 0 spiro atoms. The Balaban J connectivity index is 2.24. The van der Waals surface area contributed by atoms with Crippen LogP contribution in [-0.4, -0.2) is 24.4 Å². The first-order chi connectivity index (χ1) is 8.18. The van der Waals surface area contributed by atoms with Crippen molar-refractivity contribution in [3.8, 4) is 0 Å². The van der Waals surface area contributed by atoms with E-state index in [0.717, 1.165) is 22.9 Å². The van der Waals surface area contributed by atoms with E-state index in [9.17, 15) is 4.79 Å². The van der Waals surface area contributed by atoms with E-state index in [1.54, 1.807) is 0 Å². The van der Waals surface area contributed by atoms with Crippen LogP contribution in [0.3, 0.4) is 0 Å². The van der Waals surface area contributed by atoms with Gasteiger partial charge in [-0.2, -0.15) is 0 Å². The molecule has 2 rings (SSSR count). The van der Waals surface area contributed by atoms with Gasteiger partial charge in [-0.15, -0.1) is 0 Å². The first-order valence-electron chi connectivity index (χ1n) is 5.54. The van der Waals surface area contributed by atoms with Crippen molar-refractivity contribution in [3.63, 3.8) is 0 Å². The fourth-order valence-electron chi connectivity index (χ4n) is 2.05. The van der Waals surface area contributed by atoms with Gasteiger partial charge in [0.05, 0.1) is 6.54 Å². The maximum atomic E-state index is 10.5. The third kappa shape index (κ3) is 2.98. The predicted octanol–water partition coefficient (Wildman–Crippen LogP) is 2.72. The van der Waals surface area contributed by atoms with Crippen LogP contribution < -0.4 is 5.32 Å². The molecular formula is C12H14BrNO3. The Labute approximate surface area is 108 Å². The minimum absolute atomic E-state index is 0.193. The molecule has 1 unspecified atom stereocenters. The molecule has 0 bridgehead atoms. The number of amides is 1. The minimum Gasteiger partial charge on any atom is -0.465 e. The number of halogens is 1. The number of rotatable bonds is 2. The summed E-state index contributed by atoms with van der Waals surface area (Å²) in [5.74, 6) is 0. The monoisotopic (exact) mass is 299 g/mol. The van der Waals surface area contributed by atoms with Gasteiger partial charge in [0.2, 0.25) is 0 Å². The standard InChI is InChI=1S/C12H14BrNO3/c13-10-5-1-3-9-8(10)4-2-6-17-11(9)7-14-12(15)16/h1,3,5,11,14H,2,4,6-7H2,(H,15,16). The van der Waals surface area contributed by atoms with Gasteiger partial charge in [-0.1, -0.05) is 28.1 Å². The number of nitrogens with one attached hydrogen (secondary N) is 1. The van der Waals surface area contributed by atoms with Crippen LogP contribution in [0, 0.1) is 0 Å². The Morgan fingerprint density at radius 2 is 2.41 bits per heavy atom. The van der Waals surface area contributed by atoms with Gasteiger partial charge in [-0.05, 0) is 30.0 Å². The third-order valence-corrected chi connectivity index (χ3v) is 3.57. The van der Waals surface area contributed by atoms with E-state index in [1.807, 2.05) is 18.2 Å². The average Bonchev–Trinajstić information content (AvgIpc) is 2.50. The molecule has 0 saturated carbocycles. The Bertz CT molecular complexity index is 422. The van der Waals surface area contributed by atoms with Crippen molar-refractivity contribution < 1.29 is 14.6 Å². The van der Waals surface area contributed by atoms with Gasteiger partial charge in [0.15, 0.2) is 0 Å². The number of hydrogen-bond donors (Lipinski definition) is 2. The fraction of sp³-hybridized carbons (Fsp3) is 0.417. The summed E-state index contributed by atoms with van der Waals surface area (Å²) in [7, 11) is 0. The van der Waals surface area contributed by atoms with Gasteiger partial charge in [0.1, 0.15) is 6.10 Å². The van der Waals surface area contributed by atoms with Crippen molar-refractivity contribution in [2.24, 2.45) is 0 Å². The van der Waals surface area contributed by atoms with Crippen LogP contribution in [0.5, 0.6) is 0 Å². The molecule has 17 heavy (non-hydrogen) atoms. The maximum Gasteiger partial charge on any atom is 0.404 e. The Kier molecular flexibility index (Phi) is 4.02. The molecule has 0 fully saturated rings. The van der Waals surface area contributed by atoms with E-state index in [0.29, 0.717) is 13.2 Å². The highest BCUT2D eigenvalue weighted by molar-refractivity contribution is 9.10. The highest BCUT2D eigenvalue weighted by Crippen LogP contribution is 2.31. The number of ether oxygens (including phenoxy) is 1. The highest BCUT2D eigenvalue weighted by atomic mass is 79.9. The van der Waals surface area contributed by atoms with Gasteiger partial charge in [0, 0.05) is 11.1 Å². The highest BCUT2D eigenvalue weighted by Gasteiger charge is 2.21. The van der Waals surface area contributed by atoms with Gasteiger partial charge in [-0.25, -0.2) is 4.79 Å². The molecule has 1 aliphatic heterocycles. The second kappa shape index (κ2) is 5.51. The van der Waals surface area contributed by atoms with Crippen molar-refractivity contribution in [2.45, 2.75) is 18.9 Å². The van der Waals surface area contributed by atoms with Crippen molar-refractivity contribution in [3.05, 3.63) is 33.8 Å². The Hall–Kier alpha value is -1.07. The number of fused-ring (bicyclic) bond motifs is 1. The lowest BCUT2D eigenvalue weighted by Crippen LogP contribution is -2.28. The lowest BCUT2D eigenvalue weighted by molar-refractivity contribution is 0.0563. The van der Waals surface area contributed by atoms with Gasteiger partial charge in [-0.3, -0.25) is 0 Å². The minimum atomic E-state index is -1.02. The molecule has 1 aliphatic rings. The molecule has 0 radical (unpaired) electrons. The zero-order chi connectivity index (χ0) is 12.3. The van der Waals surface area contributed by atoms with Crippen LogP contribution in [-0.2, 0) is 11.2 Å². The largest absolute Gasteiger partial charge is 0.465 e. The molecule has 1 aromatic carbocycles. The second-order valence-corrected chi connectivity index (χ2v) is 4.81. The third-order valence-electron chi connectivity index (χ3n) is 2.83. The summed E-state index contributed by atoms with van der Waals surface area (Å²) in [4.78, 5) is 10.5. The number of carbonyl (C=O) groups is 1. The molecule has 5 heteroatoms. The van der Waals surface area contributed by atoms with Crippen LogP contribution in [0.1, 0.15) is 23.7 Å². The maximum absolute atomic E-state index is 10.5. The molecule has 1 amide bonds. The summed E-state index contributed by atoms with van der Waals surface area (Å²) in [6, 6.07) is 5.96. The first kappa shape index (κ1) is 12.4. The second-order valence-electron chi connectivity index (χ2n) is 3.96. The van der Waals surface area contributed by atoms with Crippen LogP contribution >= 0.6 is 15.9 Å². The van der Waals surface area contributed by atoms with Crippen LogP contribution in [0.15, 0.2) is 22.7 Å². The molecule has 0 aromatic heterocycles. The summed E-state index contributed by atoms with van der Waals surface area (Å²) < 4.78 is 6.76. The molecule has 4 nitrogen and oxygen atoms in total.